The van der Waals surface area contributed by atoms with Crippen LogP contribution in [0.1, 0.15) is 17.5 Å². The van der Waals surface area contributed by atoms with Crippen LogP contribution in [-0.2, 0) is 13.2 Å². The van der Waals surface area contributed by atoms with Crippen LogP contribution in [0, 0.1) is 0 Å². The van der Waals surface area contributed by atoms with Crippen molar-refractivity contribution in [2.75, 3.05) is 27.2 Å². The third-order valence-corrected chi connectivity index (χ3v) is 4.45. The third-order valence-electron chi connectivity index (χ3n) is 3.72. The Morgan fingerprint density at radius 3 is 2.30 bits per heavy atom. The number of halogens is 4. The summed E-state index contributed by atoms with van der Waals surface area (Å²) in [4.78, 5) is 0. The average Bonchev–Trinajstić information content (AvgIpc) is 2.63. The van der Waals surface area contributed by atoms with Gasteiger partial charge in [0.15, 0.2) is 11.5 Å². The lowest BCUT2D eigenvalue weighted by atomic mass is 10.2. The molecule has 2 aromatic rings. The van der Waals surface area contributed by atoms with E-state index in [9.17, 15) is 0 Å². The number of benzene rings is 2. The Morgan fingerprint density at radius 2 is 1.63 bits per heavy atom. The van der Waals surface area contributed by atoms with Crippen LogP contribution >= 0.6 is 48.0 Å². The van der Waals surface area contributed by atoms with Crippen molar-refractivity contribution in [3.05, 3.63) is 57.6 Å². The summed E-state index contributed by atoms with van der Waals surface area (Å²) in [5.41, 5.74) is 2.11. The van der Waals surface area contributed by atoms with Gasteiger partial charge in [-0.1, -0.05) is 35.3 Å². The molecule has 0 aliphatic carbocycles. The van der Waals surface area contributed by atoms with Gasteiger partial charge in [0.1, 0.15) is 6.61 Å². The van der Waals surface area contributed by atoms with Crippen LogP contribution in [0.5, 0.6) is 11.5 Å². The highest BCUT2D eigenvalue weighted by Crippen LogP contribution is 2.29. The molecule has 152 valence electrons. The van der Waals surface area contributed by atoms with Gasteiger partial charge in [-0.25, -0.2) is 0 Å². The number of ether oxygens (including phenoxy) is 2. The van der Waals surface area contributed by atoms with E-state index in [0.29, 0.717) is 22.4 Å². The SMILES string of the molecule is CNCCCNCc1ccc(OCc2ccc(Cl)c(Cl)c2)c(OC)c1.Cl.Cl. The van der Waals surface area contributed by atoms with Gasteiger partial charge in [-0.3, -0.25) is 0 Å². The Kier molecular flexibility index (Phi) is 13.7. The zero-order valence-electron chi connectivity index (χ0n) is 15.4. The first-order chi connectivity index (χ1) is 12.1. The van der Waals surface area contributed by atoms with Gasteiger partial charge >= 0.3 is 0 Å². The Labute approximate surface area is 183 Å². The molecule has 0 fully saturated rings. The van der Waals surface area contributed by atoms with Crippen LogP contribution < -0.4 is 20.1 Å². The van der Waals surface area contributed by atoms with E-state index in [-0.39, 0.29) is 24.8 Å². The standard InChI is InChI=1S/C19H24Cl2N2O2.2ClH/c1-22-8-3-9-23-12-14-5-7-18(19(11-14)24-2)25-13-15-4-6-16(20)17(21)10-15;;/h4-7,10-11,22-23H,3,8-9,12-13H2,1-2H3;2*1H. The third kappa shape index (κ3) is 8.77. The van der Waals surface area contributed by atoms with Crippen LogP contribution in [0.2, 0.25) is 10.0 Å². The number of hydrogen-bond acceptors (Lipinski definition) is 4. The van der Waals surface area contributed by atoms with Gasteiger partial charge < -0.3 is 20.1 Å². The van der Waals surface area contributed by atoms with Gasteiger partial charge in [0.2, 0.25) is 0 Å². The topological polar surface area (TPSA) is 42.5 Å². The van der Waals surface area contributed by atoms with Crippen LogP contribution in [0.3, 0.4) is 0 Å². The Bertz CT molecular complexity index is 687. The zero-order chi connectivity index (χ0) is 18.1. The summed E-state index contributed by atoms with van der Waals surface area (Å²) in [5.74, 6) is 1.42. The molecule has 0 spiro atoms. The average molecular weight is 456 g/mol. The molecule has 0 amide bonds. The second kappa shape index (κ2) is 14.2. The molecule has 2 aromatic carbocycles. The van der Waals surface area contributed by atoms with Crippen molar-refractivity contribution >= 4 is 48.0 Å². The smallest absolute Gasteiger partial charge is 0.161 e. The molecule has 0 aliphatic heterocycles. The van der Waals surface area contributed by atoms with Gasteiger partial charge in [0.25, 0.3) is 0 Å². The molecule has 4 nitrogen and oxygen atoms in total. The van der Waals surface area contributed by atoms with E-state index in [1.54, 1.807) is 19.2 Å². The van der Waals surface area contributed by atoms with Crippen molar-refractivity contribution in [1.29, 1.82) is 0 Å². The molecule has 2 N–H and O–H groups in total. The Hall–Kier alpha value is -0.880. The van der Waals surface area contributed by atoms with E-state index >= 15 is 0 Å². The highest BCUT2D eigenvalue weighted by molar-refractivity contribution is 6.42. The fourth-order valence-electron chi connectivity index (χ4n) is 2.35. The summed E-state index contributed by atoms with van der Waals surface area (Å²) in [7, 11) is 3.60. The lowest BCUT2D eigenvalue weighted by molar-refractivity contribution is 0.284. The van der Waals surface area contributed by atoms with Crippen molar-refractivity contribution in [3.63, 3.8) is 0 Å². The number of rotatable bonds is 10. The van der Waals surface area contributed by atoms with Gasteiger partial charge in [0.05, 0.1) is 17.2 Å². The normalized spacial score (nSPS) is 9.93. The minimum atomic E-state index is 0. The summed E-state index contributed by atoms with van der Waals surface area (Å²) in [6.45, 7) is 3.18. The Balaban J connectivity index is 0.00000338. The molecule has 8 heteroatoms. The molecule has 0 saturated heterocycles. The van der Waals surface area contributed by atoms with Crippen molar-refractivity contribution in [2.45, 2.75) is 19.6 Å². The second-order valence-corrected chi connectivity index (χ2v) is 6.47. The van der Waals surface area contributed by atoms with Crippen molar-refractivity contribution in [1.82, 2.24) is 10.6 Å². The summed E-state index contributed by atoms with van der Waals surface area (Å²) in [5, 5.41) is 7.61. The summed E-state index contributed by atoms with van der Waals surface area (Å²) in [6, 6.07) is 11.4. The molecular formula is C19H26Cl4N2O2. The largest absolute Gasteiger partial charge is 0.493 e. The molecule has 2 rings (SSSR count). The van der Waals surface area contributed by atoms with E-state index < -0.39 is 0 Å². The first-order valence-corrected chi connectivity index (χ1v) is 8.98. The number of hydrogen-bond donors (Lipinski definition) is 2. The molecule has 0 saturated carbocycles. The summed E-state index contributed by atoms with van der Waals surface area (Å²) >= 11 is 12.0. The first kappa shape index (κ1) is 26.1. The van der Waals surface area contributed by atoms with E-state index in [4.69, 9.17) is 32.7 Å². The van der Waals surface area contributed by atoms with Crippen molar-refractivity contribution < 1.29 is 9.47 Å². The van der Waals surface area contributed by atoms with Crippen LogP contribution in [0.15, 0.2) is 36.4 Å². The van der Waals surface area contributed by atoms with E-state index in [1.807, 2.05) is 31.3 Å². The molecule has 0 aromatic heterocycles. The summed E-state index contributed by atoms with van der Waals surface area (Å²) in [6.07, 6.45) is 1.10. The second-order valence-electron chi connectivity index (χ2n) is 5.66. The lowest BCUT2D eigenvalue weighted by Gasteiger charge is -2.13. The number of methoxy groups -OCH3 is 1. The first-order valence-electron chi connectivity index (χ1n) is 8.23. The van der Waals surface area contributed by atoms with E-state index in [1.165, 1.54) is 0 Å². The molecule has 0 radical (unpaired) electrons. The van der Waals surface area contributed by atoms with Gasteiger partial charge in [-0.2, -0.15) is 0 Å². The zero-order valence-corrected chi connectivity index (χ0v) is 18.5. The van der Waals surface area contributed by atoms with E-state index in [0.717, 1.165) is 42.9 Å². The molecule has 0 unspecified atom stereocenters. The minimum absolute atomic E-state index is 0. The monoisotopic (exact) mass is 454 g/mol. The summed E-state index contributed by atoms with van der Waals surface area (Å²) < 4.78 is 11.3. The predicted molar refractivity (Wildman–Crippen MR) is 119 cm³/mol. The van der Waals surface area contributed by atoms with E-state index in [2.05, 4.69) is 10.6 Å². The molecule has 0 bridgehead atoms. The fourth-order valence-corrected chi connectivity index (χ4v) is 2.68. The maximum absolute atomic E-state index is 6.03. The van der Waals surface area contributed by atoms with Crippen LogP contribution in [0.25, 0.3) is 0 Å². The lowest BCUT2D eigenvalue weighted by Crippen LogP contribution is -2.19. The maximum atomic E-state index is 6.03. The predicted octanol–water partition coefficient (Wildman–Crippen LogP) is 5.12. The van der Waals surface area contributed by atoms with Crippen LogP contribution in [0.4, 0.5) is 0 Å². The van der Waals surface area contributed by atoms with Gasteiger partial charge in [-0.05, 0) is 62.0 Å². The van der Waals surface area contributed by atoms with Crippen molar-refractivity contribution in [2.24, 2.45) is 0 Å². The Morgan fingerprint density at radius 1 is 0.889 bits per heavy atom. The highest BCUT2D eigenvalue weighted by atomic mass is 35.5. The fraction of sp³-hybridized carbons (Fsp3) is 0.368. The molecular weight excluding hydrogens is 430 g/mol. The minimum Gasteiger partial charge on any atom is -0.493 e. The van der Waals surface area contributed by atoms with Crippen LogP contribution in [-0.4, -0.2) is 27.2 Å². The maximum Gasteiger partial charge on any atom is 0.161 e. The highest BCUT2D eigenvalue weighted by Gasteiger charge is 2.07. The van der Waals surface area contributed by atoms with Gasteiger partial charge in [-0.15, -0.1) is 24.8 Å². The molecule has 0 heterocycles. The molecule has 0 atom stereocenters. The quantitative estimate of drug-likeness (QED) is 0.487. The number of nitrogens with one attached hydrogen (secondary N) is 2. The molecule has 27 heavy (non-hydrogen) atoms. The molecule has 0 aliphatic rings. The van der Waals surface area contributed by atoms with Crippen molar-refractivity contribution in [3.8, 4) is 11.5 Å². The van der Waals surface area contributed by atoms with Gasteiger partial charge in [0, 0.05) is 6.54 Å².